The summed E-state index contributed by atoms with van der Waals surface area (Å²) in [6.07, 6.45) is 8.88. The van der Waals surface area contributed by atoms with E-state index in [0.717, 1.165) is 13.1 Å². The van der Waals surface area contributed by atoms with Crippen molar-refractivity contribution in [3.05, 3.63) is 0 Å². The summed E-state index contributed by atoms with van der Waals surface area (Å²) >= 11 is 0. The predicted octanol–water partition coefficient (Wildman–Crippen LogP) is 2.09. The van der Waals surface area contributed by atoms with E-state index in [0.29, 0.717) is 18.0 Å². The van der Waals surface area contributed by atoms with Crippen molar-refractivity contribution in [2.45, 2.75) is 64.0 Å². The Morgan fingerprint density at radius 3 is 2.61 bits per heavy atom. The van der Waals surface area contributed by atoms with Crippen LogP contribution in [-0.4, -0.2) is 36.1 Å². The molecule has 0 radical (unpaired) electrons. The smallest absolute Gasteiger partial charge is 0.314 e. The molecular weight excluding hydrogens is 226 g/mol. The summed E-state index contributed by atoms with van der Waals surface area (Å²) in [6, 6.07) is 0.866. The van der Waals surface area contributed by atoms with Crippen molar-refractivity contribution in [2.24, 2.45) is 11.7 Å². The van der Waals surface area contributed by atoms with E-state index in [4.69, 9.17) is 5.73 Å². The van der Waals surface area contributed by atoms with Crippen LogP contribution in [0.1, 0.15) is 51.9 Å². The number of amides is 2. The largest absolute Gasteiger partial charge is 0.351 e. The average molecular weight is 253 g/mol. The Hall–Kier alpha value is -0.770. The van der Waals surface area contributed by atoms with Gasteiger partial charge in [0.1, 0.15) is 0 Å². The second kappa shape index (κ2) is 6.41. The molecule has 3 N–H and O–H groups in total. The molecule has 2 rings (SSSR count). The molecule has 1 saturated heterocycles. The molecule has 4 heteroatoms. The molecule has 4 nitrogen and oxygen atoms in total. The number of hydrogen-bond donors (Lipinski definition) is 2. The second-order valence-electron chi connectivity index (χ2n) is 5.98. The van der Waals surface area contributed by atoms with Gasteiger partial charge in [0.2, 0.25) is 0 Å². The lowest BCUT2D eigenvalue weighted by molar-refractivity contribution is 0.144. The molecule has 0 aromatic heterocycles. The van der Waals surface area contributed by atoms with Gasteiger partial charge < -0.3 is 16.0 Å². The summed E-state index contributed by atoms with van der Waals surface area (Å²) in [5.41, 5.74) is 5.46. The highest BCUT2D eigenvalue weighted by Gasteiger charge is 2.30. The van der Waals surface area contributed by atoms with Gasteiger partial charge in [0.15, 0.2) is 0 Å². The molecule has 2 aliphatic rings. The SMILES string of the molecule is CCCC1CC(NC2CCCC2)CN(C(N)=O)C1. The fourth-order valence-electron chi connectivity index (χ4n) is 3.55. The summed E-state index contributed by atoms with van der Waals surface area (Å²) in [6.45, 7) is 3.86. The number of rotatable bonds is 4. The average Bonchev–Trinajstić information content (AvgIpc) is 2.82. The molecule has 18 heavy (non-hydrogen) atoms. The van der Waals surface area contributed by atoms with Crippen LogP contribution in [0, 0.1) is 5.92 Å². The van der Waals surface area contributed by atoms with Crippen molar-refractivity contribution >= 4 is 6.03 Å². The summed E-state index contributed by atoms with van der Waals surface area (Å²) in [5.74, 6) is 0.621. The lowest BCUT2D eigenvalue weighted by atomic mass is 9.90. The topological polar surface area (TPSA) is 58.4 Å². The molecule has 1 aliphatic heterocycles. The number of carbonyl (C=O) groups is 1. The first-order valence-corrected chi connectivity index (χ1v) is 7.49. The number of hydrogen-bond acceptors (Lipinski definition) is 2. The lowest BCUT2D eigenvalue weighted by Gasteiger charge is -2.38. The van der Waals surface area contributed by atoms with Crippen LogP contribution in [0.15, 0.2) is 0 Å². The van der Waals surface area contributed by atoms with Crippen molar-refractivity contribution in [2.75, 3.05) is 13.1 Å². The summed E-state index contributed by atoms with van der Waals surface area (Å²) < 4.78 is 0. The number of piperidine rings is 1. The fourth-order valence-corrected chi connectivity index (χ4v) is 3.55. The van der Waals surface area contributed by atoms with E-state index in [2.05, 4.69) is 12.2 Å². The van der Waals surface area contributed by atoms with Crippen molar-refractivity contribution in [1.29, 1.82) is 0 Å². The van der Waals surface area contributed by atoms with Gasteiger partial charge in [0.05, 0.1) is 0 Å². The zero-order chi connectivity index (χ0) is 13.0. The molecule has 0 spiro atoms. The second-order valence-corrected chi connectivity index (χ2v) is 5.98. The standard InChI is InChI=1S/C14H27N3O/c1-2-5-11-8-13(10-17(9-11)14(15)18)16-12-6-3-4-7-12/h11-13,16H,2-10H2,1H3,(H2,15,18). The number of urea groups is 1. The highest BCUT2D eigenvalue weighted by atomic mass is 16.2. The minimum absolute atomic E-state index is 0.256. The van der Waals surface area contributed by atoms with E-state index in [1.54, 1.807) is 0 Å². The number of nitrogens with one attached hydrogen (secondary N) is 1. The van der Waals surface area contributed by atoms with Crippen LogP contribution in [0.2, 0.25) is 0 Å². The first-order chi connectivity index (χ1) is 8.69. The van der Waals surface area contributed by atoms with Crippen LogP contribution < -0.4 is 11.1 Å². The number of primary amides is 1. The summed E-state index contributed by atoms with van der Waals surface area (Å²) in [7, 11) is 0. The van der Waals surface area contributed by atoms with Gasteiger partial charge in [0, 0.05) is 25.2 Å². The van der Waals surface area contributed by atoms with Crippen molar-refractivity contribution < 1.29 is 4.79 Å². The number of likely N-dealkylation sites (tertiary alicyclic amines) is 1. The van der Waals surface area contributed by atoms with Gasteiger partial charge in [-0.3, -0.25) is 0 Å². The number of nitrogens with two attached hydrogens (primary N) is 1. The fraction of sp³-hybridized carbons (Fsp3) is 0.929. The van der Waals surface area contributed by atoms with E-state index >= 15 is 0 Å². The molecule has 1 heterocycles. The molecule has 0 bridgehead atoms. The van der Waals surface area contributed by atoms with Gasteiger partial charge in [-0.05, 0) is 31.6 Å². The Bertz CT molecular complexity index is 276. The van der Waals surface area contributed by atoms with E-state index in [9.17, 15) is 4.79 Å². The minimum Gasteiger partial charge on any atom is -0.351 e. The van der Waals surface area contributed by atoms with E-state index in [-0.39, 0.29) is 6.03 Å². The molecule has 1 saturated carbocycles. The van der Waals surface area contributed by atoms with E-state index in [1.165, 1.54) is 44.9 Å². The quantitative estimate of drug-likeness (QED) is 0.806. The van der Waals surface area contributed by atoms with Crippen LogP contribution >= 0.6 is 0 Å². The van der Waals surface area contributed by atoms with Gasteiger partial charge in [0.25, 0.3) is 0 Å². The Kier molecular flexibility index (Phi) is 4.87. The lowest BCUT2D eigenvalue weighted by Crippen LogP contribution is -2.54. The maximum absolute atomic E-state index is 11.4. The molecule has 1 aliphatic carbocycles. The third-order valence-electron chi connectivity index (χ3n) is 4.37. The zero-order valence-corrected chi connectivity index (χ0v) is 11.5. The minimum atomic E-state index is -0.256. The van der Waals surface area contributed by atoms with Crippen molar-refractivity contribution in [3.63, 3.8) is 0 Å². The Balaban J connectivity index is 1.89. The van der Waals surface area contributed by atoms with E-state index < -0.39 is 0 Å². The van der Waals surface area contributed by atoms with Gasteiger partial charge in [-0.1, -0.05) is 26.2 Å². The summed E-state index contributed by atoms with van der Waals surface area (Å²) in [5, 5.41) is 3.74. The van der Waals surface area contributed by atoms with Gasteiger partial charge >= 0.3 is 6.03 Å². The van der Waals surface area contributed by atoms with Gasteiger partial charge in [-0.25, -0.2) is 4.79 Å². The van der Waals surface area contributed by atoms with Crippen molar-refractivity contribution in [1.82, 2.24) is 10.2 Å². The first kappa shape index (κ1) is 13.7. The van der Waals surface area contributed by atoms with Crippen molar-refractivity contribution in [3.8, 4) is 0 Å². The predicted molar refractivity (Wildman–Crippen MR) is 73.4 cm³/mol. The maximum atomic E-state index is 11.4. The number of carbonyl (C=O) groups excluding carboxylic acids is 1. The highest BCUT2D eigenvalue weighted by Crippen LogP contribution is 2.24. The maximum Gasteiger partial charge on any atom is 0.314 e. The van der Waals surface area contributed by atoms with E-state index in [1.807, 2.05) is 4.90 Å². The van der Waals surface area contributed by atoms with Crippen LogP contribution in [0.25, 0.3) is 0 Å². The number of nitrogens with zero attached hydrogens (tertiary/aromatic N) is 1. The molecule has 0 aromatic carbocycles. The highest BCUT2D eigenvalue weighted by molar-refractivity contribution is 5.72. The Labute approximate surface area is 110 Å². The molecule has 104 valence electrons. The normalized spacial score (nSPS) is 29.7. The molecule has 2 amide bonds. The third kappa shape index (κ3) is 3.61. The Morgan fingerprint density at radius 2 is 2.00 bits per heavy atom. The molecule has 2 unspecified atom stereocenters. The monoisotopic (exact) mass is 253 g/mol. The van der Waals surface area contributed by atoms with Crippen LogP contribution in [0.3, 0.4) is 0 Å². The van der Waals surface area contributed by atoms with Crippen LogP contribution in [0.5, 0.6) is 0 Å². The Morgan fingerprint density at radius 1 is 1.28 bits per heavy atom. The third-order valence-corrected chi connectivity index (χ3v) is 4.37. The molecular formula is C14H27N3O. The molecule has 0 aromatic rings. The first-order valence-electron chi connectivity index (χ1n) is 7.49. The van der Waals surface area contributed by atoms with Gasteiger partial charge in [-0.2, -0.15) is 0 Å². The van der Waals surface area contributed by atoms with Crippen LogP contribution in [0.4, 0.5) is 4.79 Å². The molecule has 2 fully saturated rings. The zero-order valence-electron chi connectivity index (χ0n) is 11.5. The van der Waals surface area contributed by atoms with Crippen LogP contribution in [-0.2, 0) is 0 Å². The molecule has 2 atom stereocenters. The summed E-state index contributed by atoms with van der Waals surface area (Å²) in [4.78, 5) is 13.2. The van der Waals surface area contributed by atoms with Gasteiger partial charge in [-0.15, -0.1) is 0 Å².